The first kappa shape index (κ1) is 52.4. The van der Waals surface area contributed by atoms with Crippen LogP contribution in [0.1, 0.15) is 93.2 Å². The van der Waals surface area contributed by atoms with Crippen molar-refractivity contribution in [2.75, 3.05) is 62.8 Å². The highest BCUT2D eigenvalue weighted by Crippen LogP contribution is 2.56. The van der Waals surface area contributed by atoms with E-state index in [0.29, 0.717) is 43.7 Å². The molecule has 5 atom stereocenters. The van der Waals surface area contributed by atoms with Gasteiger partial charge < -0.3 is 28.9 Å². The van der Waals surface area contributed by atoms with Crippen LogP contribution in [0.15, 0.2) is 77.9 Å². The Balaban J connectivity index is 0.958. The van der Waals surface area contributed by atoms with E-state index >= 15 is 0 Å². The zero-order valence-electron chi connectivity index (χ0n) is 39.8. The zero-order valence-corrected chi connectivity index (χ0v) is 41.6. The van der Waals surface area contributed by atoms with Gasteiger partial charge in [-0.1, -0.05) is 19.4 Å². The number of nitrogens with zero attached hydrogens (tertiary/aromatic N) is 5. The van der Waals surface area contributed by atoms with Crippen molar-refractivity contribution < 1.29 is 59.6 Å². The van der Waals surface area contributed by atoms with Gasteiger partial charge in [0.2, 0.25) is 0 Å². The fraction of sp³-hybridized carbons (Fsp3) is 0.565. The van der Waals surface area contributed by atoms with Gasteiger partial charge in [-0.2, -0.15) is 5.10 Å². The fourth-order valence-electron chi connectivity index (χ4n) is 8.02. The Bertz CT molecular complexity index is 2380. The third kappa shape index (κ3) is 14.5. The molecule has 1 N–H and O–H groups in total. The van der Waals surface area contributed by atoms with Crippen LogP contribution >= 0.6 is 15.6 Å². The second-order valence-corrected chi connectivity index (χ2v) is 21.9. The number of piperazine rings is 1. The van der Waals surface area contributed by atoms with E-state index < -0.39 is 69.8 Å². The molecule has 1 unspecified atom stereocenters. The van der Waals surface area contributed by atoms with E-state index in [0.717, 1.165) is 49.4 Å². The first-order chi connectivity index (χ1) is 31.5. The van der Waals surface area contributed by atoms with E-state index in [9.17, 15) is 27.6 Å². The number of phosphoric ester groups is 2. The number of rotatable bonds is 21. The topological polar surface area (TPSA) is 175 Å². The highest BCUT2D eigenvalue weighted by Gasteiger charge is 2.41. The minimum Gasteiger partial charge on any atom is -0.493 e. The first-order valence-corrected chi connectivity index (χ1v) is 25.4. The molecule has 21 heteroatoms. The van der Waals surface area contributed by atoms with E-state index in [-0.39, 0.29) is 11.6 Å². The van der Waals surface area contributed by atoms with Crippen LogP contribution in [0.3, 0.4) is 0 Å². The number of ether oxygens (including phenoxy) is 3. The van der Waals surface area contributed by atoms with Gasteiger partial charge >= 0.3 is 21.3 Å². The lowest BCUT2D eigenvalue weighted by molar-refractivity contribution is -0.0725. The maximum Gasteiger partial charge on any atom is 0.477 e. The Labute approximate surface area is 391 Å². The van der Waals surface area contributed by atoms with Crippen LogP contribution in [-0.2, 0) is 46.8 Å². The van der Waals surface area contributed by atoms with Gasteiger partial charge in [-0.3, -0.25) is 22.6 Å². The van der Waals surface area contributed by atoms with Crippen LogP contribution in [0, 0.1) is 17.6 Å². The number of hydrogen-bond donors (Lipinski definition) is 1. The van der Waals surface area contributed by atoms with Gasteiger partial charge in [0, 0.05) is 55.1 Å². The van der Waals surface area contributed by atoms with Crippen molar-refractivity contribution in [3.05, 3.63) is 101 Å². The van der Waals surface area contributed by atoms with E-state index in [1.54, 1.807) is 48.5 Å². The third-order valence-electron chi connectivity index (χ3n) is 11.2. The van der Waals surface area contributed by atoms with Gasteiger partial charge in [0.25, 0.3) is 0 Å². The average Bonchev–Trinajstić information content (AvgIpc) is 3.82. The van der Waals surface area contributed by atoms with Crippen molar-refractivity contribution in [3.8, 4) is 11.4 Å². The molecule has 0 amide bonds. The molecule has 2 aliphatic heterocycles. The van der Waals surface area contributed by atoms with Crippen LogP contribution < -0.4 is 20.2 Å². The van der Waals surface area contributed by atoms with Gasteiger partial charge in [0.05, 0.1) is 47.9 Å². The zero-order chi connectivity index (χ0) is 48.8. The molecule has 370 valence electrons. The first-order valence-electron chi connectivity index (χ1n) is 22.4. The lowest BCUT2D eigenvalue weighted by atomic mass is 9.89. The molecule has 2 fully saturated rings. The predicted octanol–water partition coefficient (Wildman–Crippen LogP) is 9.52. The summed E-state index contributed by atoms with van der Waals surface area (Å²) in [7, 11) is -8.96. The number of hydrogen-bond acceptors (Lipinski definition) is 14. The number of benzene rings is 3. The van der Waals surface area contributed by atoms with Crippen LogP contribution in [0.5, 0.6) is 5.75 Å². The molecule has 6 rings (SSSR count). The normalized spacial score (nSPS) is 20.2. The SMILES string of the molecule is CCC[C@@H]([C@H](C)OCOP(=O)(O)OCOP(=O)(OC(C)(C)C)OC(C)(C)C)n1ncn(-c2ccc(N3CCN(c4ccc(OC[C@@H]5CO[C@@](C)(c6ccc(F)cc6F)C5)cc4)CC3)cc2)c1=O. The van der Waals surface area contributed by atoms with E-state index in [1.807, 2.05) is 62.4 Å². The lowest BCUT2D eigenvalue weighted by Crippen LogP contribution is -2.46. The van der Waals surface area contributed by atoms with Crippen molar-refractivity contribution in [1.29, 1.82) is 0 Å². The summed E-state index contributed by atoms with van der Waals surface area (Å²) in [6.45, 7) is 17.8. The molecule has 4 aromatic rings. The molecule has 0 bridgehead atoms. The second-order valence-electron chi connectivity index (χ2n) is 18.9. The van der Waals surface area contributed by atoms with Gasteiger partial charge in [0.15, 0.2) is 13.6 Å². The summed E-state index contributed by atoms with van der Waals surface area (Å²) in [5.74, 6) is -0.430. The molecule has 3 aromatic carbocycles. The Morgan fingerprint density at radius 2 is 1.42 bits per heavy atom. The van der Waals surface area contributed by atoms with Crippen molar-refractivity contribution in [2.24, 2.45) is 5.92 Å². The highest BCUT2D eigenvalue weighted by molar-refractivity contribution is 7.49. The Kier molecular flexibility index (Phi) is 17.0. The molecule has 0 radical (unpaired) electrons. The number of anilines is 2. The van der Waals surface area contributed by atoms with Gasteiger partial charge in [0.1, 0.15) is 23.7 Å². The minimum atomic E-state index is -4.75. The molecule has 2 aliphatic rings. The minimum absolute atomic E-state index is 0.0593. The maximum atomic E-state index is 14.5. The molecule has 2 saturated heterocycles. The van der Waals surface area contributed by atoms with Crippen LogP contribution in [0.2, 0.25) is 0 Å². The summed E-state index contributed by atoms with van der Waals surface area (Å²) in [4.78, 5) is 28.6. The largest absolute Gasteiger partial charge is 0.493 e. The molecule has 17 nitrogen and oxygen atoms in total. The molecule has 0 aliphatic carbocycles. The Morgan fingerprint density at radius 1 is 0.851 bits per heavy atom. The maximum absolute atomic E-state index is 14.5. The molecular formula is C46H65F2N5O12P2. The monoisotopic (exact) mass is 979 g/mol. The molecule has 67 heavy (non-hydrogen) atoms. The molecule has 1 aromatic heterocycles. The van der Waals surface area contributed by atoms with E-state index in [1.165, 1.54) is 27.7 Å². The Morgan fingerprint density at radius 3 is 1.99 bits per heavy atom. The van der Waals surface area contributed by atoms with Gasteiger partial charge in [-0.25, -0.2) is 32.0 Å². The highest BCUT2D eigenvalue weighted by atomic mass is 31.2. The second kappa shape index (κ2) is 21.7. The van der Waals surface area contributed by atoms with Crippen LogP contribution in [0.4, 0.5) is 20.2 Å². The van der Waals surface area contributed by atoms with Crippen molar-refractivity contribution in [3.63, 3.8) is 0 Å². The summed E-state index contributed by atoms with van der Waals surface area (Å²) < 4.78 is 100. The molecule has 0 spiro atoms. The summed E-state index contributed by atoms with van der Waals surface area (Å²) in [6, 6.07) is 18.8. The standard InChI is InChI=1S/C46H65F2N5O12P2/c1-10-11-42(33(2)59-31-61-66(55,56)62-32-63-67(57,64-44(3,4)5)65-45(6,7)8)53-43(54)52(30-49-53)38-15-13-36(14-16-38)50-22-24-51(25-23-50)37-17-19-39(20-18-37)58-28-34-27-46(9,60-29-34)40-21-12-35(47)26-41(40)48/h12-21,26,30,33-34,42H,10-11,22-25,27-29,31-32H2,1-9H3,(H,55,56)/t33-,34+,42-,46+/m0/s1. The Hall–Kier alpha value is -4.00. The smallest absolute Gasteiger partial charge is 0.477 e. The summed E-state index contributed by atoms with van der Waals surface area (Å²) >= 11 is 0. The van der Waals surface area contributed by atoms with Crippen molar-refractivity contribution in [2.45, 2.75) is 111 Å². The van der Waals surface area contributed by atoms with E-state index in [4.69, 9.17) is 36.8 Å². The molecular weight excluding hydrogens is 914 g/mol. The number of phosphoric acid groups is 2. The quantitative estimate of drug-likeness (QED) is 0.0617. The summed E-state index contributed by atoms with van der Waals surface area (Å²) in [5, 5.41) is 4.41. The third-order valence-corrected chi connectivity index (χ3v) is 14.0. The van der Waals surface area contributed by atoms with Gasteiger partial charge in [-0.15, -0.1) is 0 Å². The molecule has 3 heterocycles. The predicted molar refractivity (Wildman–Crippen MR) is 249 cm³/mol. The lowest BCUT2D eigenvalue weighted by Gasteiger charge is -2.37. The number of halogens is 2. The van der Waals surface area contributed by atoms with E-state index in [2.05, 4.69) is 14.9 Å². The molecule has 0 saturated carbocycles. The van der Waals surface area contributed by atoms with Gasteiger partial charge in [-0.05, 0) is 123 Å². The summed E-state index contributed by atoms with van der Waals surface area (Å²) in [6.07, 6.45) is 2.54. The van der Waals surface area contributed by atoms with Crippen molar-refractivity contribution >= 4 is 27.0 Å². The fourth-order valence-corrected chi connectivity index (χ4v) is 10.2. The number of aromatic nitrogens is 3. The van der Waals surface area contributed by atoms with Crippen LogP contribution in [-0.4, -0.2) is 89.5 Å². The summed E-state index contributed by atoms with van der Waals surface area (Å²) in [5.41, 5.74) is 0.0337. The van der Waals surface area contributed by atoms with Crippen molar-refractivity contribution in [1.82, 2.24) is 14.3 Å². The van der Waals surface area contributed by atoms with Crippen LogP contribution in [0.25, 0.3) is 5.69 Å². The average molecular weight is 980 g/mol.